The van der Waals surface area contributed by atoms with Crippen LogP contribution in [0.3, 0.4) is 0 Å². The maximum absolute atomic E-state index is 12.4. The van der Waals surface area contributed by atoms with Gasteiger partial charge in [-0.25, -0.2) is 12.7 Å². The van der Waals surface area contributed by atoms with Crippen molar-refractivity contribution in [1.82, 2.24) is 9.62 Å². The highest BCUT2D eigenvalue weighted by Gasteiger charge is 2.20. The number of sulfonamides is 1. The average molecular weight is 387 g/mol. The van der Waals surface area contributed by atoms with Crippen LogP contribution in [-0.4, -0.2) is 32.7 Å². The molecule has 1 aliphatic rings. The Morgan fingerprint density at radius 2 is 1.74 bits per heavy atom. The number of amides is 1. The van der Waals surface area contributed by atoms with Crippen LogP contribution < -0.4 is 5.32 Å². The lowest BCUT2D eigenvalue weighted by atomic mass is 9.90. The van der Waals surface area contributed by atoms with Crippen molar-refractivity contribution < 1.29 is 13.2 Å². The van der Waals surface area contributed by atoms with Crippen molar-refractivity contribution in [1.29, 1.82) is 0 Å². The highest BCUT2D eigenvalue weighted by atomic mass is 32.2. The highest BCUT2D eigenvalue weighted by molar-refractivity contribution is 7.89. The highest BCUT2D eigenvalue weighted by Crippen LogP contribution is 2.22. The van der Waals surface area contributed by atoms with Gasteiger partial charge in [-0.3, -0.25) is 4.79 Å². The first-order valence-electron chi connectivity index (χ1n) is 9.26. The van der Waals surface area contributed by atoms with Gasteiger partial charge >= 0.3 is 0 Å². The van der Waals surface area contributed by atoms with E-state index in [9.17, 15) is 13.2 Å². The van der Waals surface area contributed by atoms with Crippen LogP contribution in [-0.2, 0) is 40.6 Å². The Balaban J connectivity index is 1.67. The Morgan fingerprint density at radius 1 is 1.04 bits per heavy atom. The zero-order valence-corrected chi connectivity index (χ0v) is 16.7. The van der Waals surface area contributed by atoms with Crippen LogP contribution in [0.4, 0.5) is 0 Å². The van der Waals surface area contributed by atoms with Gasteiger partial charge in [0.05, 0.1) is 11.3 Å². The van der Waals surface area contributed by atoms with E-state index >= 15 is 0 Å². The summed E-state index contributed by atoms with van der Waals surface area (Å²) in [6, 6.07) is 13.1. The van der Waals surface area contributed by atoms with E-state index in [0.717, 1.165) is 18.4 Å². The molecule has 2 aromatic rings. The maximum Gasteiger partial charge on any atom is 0.242 e. The molecule has 1 amide bonds. The van der Waals surface area contributed by atoms with E-state index in [4.69, 9.17) is 0 Å². The van der Waals surface area contributed by atoms with Crippen molar-refractivity contribution in [2.45, 2.75) is 43.5 Å². The lowest BCUT2D eigenvalue weighted by molar-refractivity contribution is -0.120. The fraction of sp³-hybridized carbons (Fsp3) is 0.381. The van der Waals surface area contributed by atoms with Gasteiger partial charge in [0.25, 0.3) is 0 Å². The number of benzene rings is 2. The second kappa shape index (κ2) is 8.23. The molecule has 2 aromatic carbocycles. The molecule has 0 saturated heterocycles. The predicted octanol–water partition coefficient (Wildman–Crippen LogP) is 2.67. The van der Waals surface area contributed by atoms with Gasteiger partial charge in [-0.2, -0.15) is 0 Å². The second-order valence-electron chi connectivity index (χ2n) is 7.16. The number of aryl methyl sites for hydroxylation is 2. The number of carbonyl (C=O) groups is 1. The smallest absolute Gasteiger partial charge is 0.242 e. The molecule has 3 rings (SSSR count). The molecule has 144 valence electrons. The molecule has 0 bridgehead atoms. The lowest BCUT2D eigenvalue weighted by Gasteiger charge is -2.17. The fourth-order valence-corrected chi connectivity index (χ4v) is 4.55. The van der Waals surface area contributed by atoms with Crippen LogP contribution in [0.2, 0.25) is 0 Å². The molecule has 1 aliphatic carbocycles. The summed E-state index contributed by atoms with van der Waals surface area (Å²) in [5.74, 6) is -0.109. The van der Waals surface area contributed by atoms with E-state index in [-0.39, 0.29) is 17.3 Å². The molecule has 0 saturated carbocycles. The largest absolute Gasteiger partial charge is 0.352 e. The van der Waals surface area contributed by atoms with Crippen LogP contribution in [0.15, 0.2) is 47.4 Å². The quantitative estimate of drug-likeness (QED) is 0.830. The second-order valence-corrected chi connectivity index (χ2v) is 9.28. The molecule has 27 heavy (non-hydrogen) atoms. The minimum Gasteiger partial charge on any atom is -0.352 e. The summed E-state index contributed by atoms with van der Waals surface area (Å²) < 4.78 is 26.1. The zero-order chi connectivity index (χ0) is 19.4. The number of nitrogens with zero attached hydrogens (tertiary/aromatic N) is 1. The van der Waals surface area contributed by atoms with Gasteiger partial charge in [0.15, 0.2) is 0 Å². The predicted molar refractivity (Wildman–Crippen MR) is 106 cm³/mol. The van der Waals surface area contributed by atoms with Crippen LogP contribution in [0.5, 0.6) is 0 Å². The lowest BCUT2D eigenvalue weighted by Crippen LogP contribution is -2.28. The van der Waals surface area contributed by atoms with Crippen molar-refractivity contribution in [3.63, 3.8) is 0 Å². The molecule has 6 heteroatoms. The first-order chi connectivity index (χ1) is 12.9. The van der Waals surface area contributed by atoms with Crippen molar-refractivity contribution in [3.8, 4) is 0 Å². The Kier molecular flexibility index (Phi) is 5.97. The van der Waals surface area contributed by atoms with E-state index in [1.165, 1.54) is 42.4 Å². The Hall–Kier alpha value is -2.18. The molecular formula is C21H26N2O3S. The average Bonchev–Trinajstić information content (AvgIpc) is 2.66. The van der Waals surface area contributed by atoms with E-state index in [0.29, 0.717) is 12.0 Å². The van der Waals surface area contributed by atoms with Crippen LogP contribution in [0.25, 0.3) is 0 Å². The number of fused-ring (bicyclic) bond motifs is 1. The molecule has 0 spiro atoms. The van der Waals surface area contributed by atoms with Crippen molar-refractivity contribution >= 4 is 15.9 Å². The van der Waals surface area contributed by atoms with Crippen LogP contribution >= 0.6 is 0 Å². The minimum atomic E-state index is -3.54. The first kappa shape index (κ1) is 19.6. The van der Waals surface area contributed by atoms with Crippen molar-refractivity contribution in [3.05, 3.63) is 64.7 Å². The molecule has 5 nitrogen and oxygen atoms in total. The topological polar surface area (TPSA) is 66.5 Å². The number of hydrogen-bond donors (Lipinski definition) is 1. The molecule has 0 fully saturated rings. The Morgan fingerprint density at radius 3 is 2.48 bits per heavy atom. The normalized spacial score (nSPS) is 14.0. The summed E-state index contributed by atoms with van der Waals surface area (Å²) >= 11 is 0. The van der Waals surface area contributed by atoms with Gasteiger partial charge in [0.1, 0.15) is 0 Å². The monoisotopic (exact) mass is 386 g/mol. The Labute approximate surface area is 161 Å². The van der Waals surface area contributed by atoms with E-state index in [1.54, 1.807) is 24.3 Å². The number of carbonyl (C=O) groups excluding carboxylic acids is 1. The summed E-state index contributed by atoms with van der Waals surface area (Å²) in [5, 5.41) is 2.86. The SMILES string of the molecule is CN(C)S(=O)(=O)c1ccccc1CNC(=O)Cc1ccc2c(c1)CCCC2. The first-order valence-corrected chi connectivity index (χ1v) is 10.7. The molecule has 0 radical (unpaired) electrons. The van der Waals surface area contributed by atoms with E-state index < -0.39 is 10.0 Å². The van der Waals surface area contributed by atoms with E-state index in [1.807, 2.05) is 6.07 Å². The Bertz CT molecular complexity index is 936. The molecule has 0 atom stereocenters. The van der Waals surface area contributed by atoms with Gasteiger partial charge in [0, 0.05) is 20.6 Å². The van der Waals surface area contributed by atoms with Crippen molar-refractivity contribution in [2.75, 3.05) is 14.1 Å². The standard InChI is InChI=1S/C21H26N2O3S/c1-23(2)27(25,26)20-10-6-5-9-19(20)15-22-21(24)14-16-11-12-17-7-3-4-8-18(17)13-16/h5-6,9-13H,3-4,7-8,14-15H2,1-2H3,(H,22,24). The summed E-state index contributed by atoms with van der Waals surface area (Å²) in [6.45, 7) is 0.188. The minimum absolute atomic E-state index is 0.109. The molecule has 1 N–H and O–H groups in total. The summed E-state index contributed by atoms with van der Waals surface area (Å²) in [6.07, 6.45) is 4.96. The third-order valence-corrected chi connectivity index (χ3v) is 6.90. The van der Waals surface area contributed by atoms with Gasteiger partial charge in [-0.05, 0) is 54.0 Å². The van der Waals surface area contributed by atoms with Gasteiger partial charge in [-0.15, -0.1) is 0 Å². The van der Waals surface area contributed by atoms with Crippen molar-refractivity contribution in [2.24, 2.45) is 0 Å². The third kappa shape index (κ3) is 4.57. The molecule has 0 heterocycles. The van der Waals surface area contributed by atoms with Crippen LogP contribution in [0, 0.1) is 0 Å². The van der Waals surface area contributed by atoms with Gasteiger partial charge in [0.2, 0.25) is 15.9 Å². The fourth-order valence-electron chi connectivity index (χ4n) is 3.44. The number of rotatable bonds is 6. The summed E-state index contributed by atoms with van der Waals surface area (Å²) in [5.41, 5.74) is 4.34. The number of hydrogen-bond acceptors (Lipinski definition) is 3. The summed E-state index contributed by atoms with van der Waals surface area (Å²) in [7, 11) is -0.541. The van der Waals surface area contributed by atoms with Crippen LogP contribution in [0.1, 0.15) is 35.1 Å². The molecule has 0 unspecified atom stereocenters. The molecule has 0 aromatic heterocycles. The maximum atomic E-state index is 12.4. The van der Waals surface area contributed by atoms with Gasteiger partial charge in [-0.1, -0.05) is 36.4 Å². The van der Waals surface area contributed by atoms with Gasteiger partial charge < -0.3 is 5.32 Å². The molecular weight excluding hydrogens is 360 g/mol. The number of nitrogens with one attached hydrogen (secondary N) is 1. The zero-order valence-electron chi connectivity index (χ0n) is 15.9. The summed E-state index contributed by atoms with van der Waals surface area (Å²) in [4.78, 5) is 12.6. The molecule has 0 aliphatic heterocycles. The third-order valence-electron chi connectivity index (χ3n) is 4.98. The van der Waals surface area contributed by atoms with E-state index in [2.05, 4.69) is 17.4 Å².